The monoisotopic (exact) mass is 271 g/mol. The first kappa shape index (κ1) is 14.8. The summed E-state index contributed by atoms with van der Waals surface area (Å²) in [6.07, 6.45) is 0.531. The molecule has 0 aliphatic rings. The second kappa shape index (κ2) is 6.61. The molecule has 0 spiro atoms. The summed E-state index contributed by atoms with van der Waals surface area (Å²) in [4.78, 5) is 11.9. The Morgan fingerprint density at radius 2 is 2.00 bits per heavy atom. The van der Waals surface area contributed by atoms with Crippen molar-refractivity contribution in [2.45, 2.75) is 25.9 Å². The zero-order chi connectivity index (χ0) is 13.6. The number of hydrogen-bond donors (Lipinski definition) is 2. The van der Waals surface area contributed by atoms with E-state index in [0.29, 0.717) is 23.7 Å². The van der Waals surface area contributed by atoms with Crippen LogP contribution in [0.1, 0.15) is 20.3 Å². The van der Waals surface area contributed by atoms with Gasteiger partial charge in [-0.25, -0.2) is 0 Å². The Kier molecular flexibility index (Phi) is 5.44. The van der Waals surface area contributed by atoms with Crippen LogP contribution in [-0.4, -0.2) is 29.8 Å². The maximum atomic E-state index is 11.9. The number of amides is 1. The lowest BCUT2D eigenvalue weighted by molar-refractivity contribution is -0.134. The maximum Gasteiger partial charge on any atom is 0.263 e. The van der Waals surface area contributed by atoms with Crippen LogP contribution in [0.2, 0.25) is 5.02 Å². The molecule has 0 fully saturated rings. The fourth-order valence-electron chi connectivity index (χ4n) is 1.34. The molecule has 18 heavy (non-hydrogen) atoms. The van der Waals surface area contributed by atoms with Crippen molar-refractivity contribution in [1.29, 1.82) is 0 Å². The van der Waals surface area contributed by atoms with E-state index in [4.69, 9.17) is 21.4 Å². The molecule has 0 unspecified atom stereocenters. The van der Waals surface area contributed by atoms with E-state index < -0.39 is 5.60 Å². The minimum absolute atomic E-state index is 0.0543. The highest BCUT2D eigenvalue weighted by Crippen LogP contribution is 2.20. The van der Waals surface area contributed by atoms with Crippen molar-refractivity contribution in [3.8, 4) is 5.75 Å². The number of halogens is 1. The molecule has 0 radical (unpaired) electrons. The van der Waals surface area contributed by atoms with Crippen molar-refractivity contribution in [3.63, 3.8) is 0 Å². The van der Waals surface area contributed by atoms with E-state index in [2.05, 4.69) is 5.32 Å². The Morgan fingerprint density at radius 1 is 1.39 bits per heavy atom. The van der Waals surface area contributed by atoms with Gasteiger partial charge in [0.15, 0.2) is 5.60 Å². The van der Waals surface area contributed by atoms with Crippen molar-refractivity contribution >= 4 is 17.5 Å². The van der Waals surface area contributed by atoms with Crippen molar-refractivity contribution < 1.29 is 14.6 Å². The largest absolute Gasteiger partial charge is 0.478 e. The minimum Gasteiger partial charge on any atom is -0.478 e. The van der Waals surface area contributed by atoms with Crippen LogP contribution in [0, 0.1) is 0 Å². The molecule has 0 heterocycles. The van der Waals surface area contributed by atoms with Gasteiger partial charge in [-0.1, -0.05) is 11.6 Å². The highest BCUT2D eigenvalue weighted by molar-refractivity contribution is 6.30. The van der Waals surface area contributed by atoms with Crippen LogP contribution >= 0.6 is 11.6 Å². The van der Waals surface area contributed by atoms with Gasteiger partial charge >= 0.3 is 0 Å². The van der Waals surface area contributed by atoms with Gasteiger partial charge in [0, 0.05) is 18.2 Å². The lowest BCUT2D eigenvalue weighted by Crippen LogP contribution is -2.46. The summed E-state index contributed by atoms with van der Waals surface area (Å²) in [7, 11) is 0. The van der Waals surface area contributed by atoms with E-state index in [1.54, 1.807) is 38.1 Å². The van der Waals surface area contributed by atoms with Crippen LogP contribution in [-0.2, 0) is 4.79 Å². The molecule has 1 amide bonds. The average molecular weight is 272 g/mol. The van der Waals surface area contributed by atoms with Crippen LogP contribution in [0.4, 0.5) is 0 Å². The third-order valence-corrected chi connectivity index (χ3v) is 2.61. The van der Waals surface area contributed by atoms with Gasteiger partial charge in [-0.3, -0.25) is 4.79 Å². The molecule has 1 aromatic carbocycles. The number of nitrogens with one attached hydrogen (secondary N) is 1. The Hall–Kier alpha value is -1.26. The molecule has 0 bridgehead atoms. The molecule has 4 nitrogen and oxygen atoms in total. The van der Waals surface area contributed by atoms with Gasteiger partial charge in [-0.15, -0.1) is 0 Å². The number of hydrogen-bond acceptors (Lipinski definition) is 3. The second-order valence-electron chi connectivity index (χ2n) is 4.40. The summed E-state index contributed by atoms with van der Waals surface area (Å²) in [5, 5.41) is 12.0. The van der Waals surface area contributed by atoms with Gasteiger partial charge in [0.05, 0.1) is 0 Å². The summed E-state index contributed by atoms with van der Waals surface area (Å²) in [6, 6.07) is 6.84. The number of ether oxygens (including phenoxy) is 1. The number of benzene rings is 1. The Bertz CT molecular complexity index is 390. The predicted molar refractivity (Wildman–Crippen MR) is 70.9 cm³/mol. The van der Waals surface area contributed by atoms with E-state index in [1.165, 1.54) is 0 Å². The number of carbonyl (C=O) groups is 1. The summed E-state index contributed by atoms with van der Waals surface area (Å²) in [6.45, 7) is 3.87. The van der Waals surface area contributed by atoms with Crippen LogP contribution in [0.5, 0.6) is 5.75 Å². The minimum atomic E-state index is -0.969. The molecule has 0 aliphatic carbocycles. The number of rotatable bonds is 6. The van der Waals surface area contributed by atoms with Crippen molar-refractivity contribution in [2.24, 2.45) is 0 Å². The van der Waals surface area contributed by atoms with E-state index in [1.807, 2.05) is 0 Å². The molecule has 0 saturated heterocycles. The Balaban J connectivity index is 2.57. The van der Waals surface area contributed by atoms with Crippen LogP contribution < -0.4 is 10.1 Å². The quantitative estimate of drug-likeness (QED) is 0.778. The van der Waals surface area contributed by atoms with Crippen molar-refractivity contribution in [3.05, 3.63) is 29.3 Å². The van der Waals surface area contributed by atoms with Gasteiger partial charge in [0.1, 0.15) is 5.75 Å². The van der Waals surface area contributed by atoms with E-state index in [0.717, 1.165) is 0 Å². The lowest BCUT2D eigenvalue weighted by Gasteiger charge is -2.25. The fraction of sp³-hybridized carbons (Fsp3) is 0.462. The lowest BCUT2D eigenvalue weighted by atomic mass is 10.1. The number of aliphatic hydroxyl groups is 1. The highest BCUT2D eigenvalue weighted by Gasteiger charge is 2.29. The number of carbonyl (C=O) groups excluding carboxylic acids is 1. The SMILES string of the molecule is CC(C)(Oc1ccc(Cl)cc1)C(=O)NCCCO. The average Bonchev–Trinajstić information content (AvgIpc) is 2.32. The standard InChI is InChI=1S/C13H18ClNO3/c1-13(2,12(17)15-8-3-9-16)18-11-6-4-10(14)5-7-11/h4-7,16H,3,8-9H2,1-2H3,(H,15,17). The smallest absolute Gasteiger partial charge is 0.263 e. The van der Waals surface area contributed by atoms with Gasteiger partial charge in [0.2, 0.25) is 0 Å². The molecular formula is C13H18ClNO3. The Labute approximate surface area is 112 Å². The zero-order valence-corrected chi connectivity index (χ0v) is 11.3. The topological polar surface area (TPSA) is 58.6 Å². The molecule has 0 aromatic heterocycles. The highest BCUT2D eigenvalue weighted by atomic mass is 35.5. The predicted octanol–water partition coefficient (Wildman–Crippen LogP) is 2.00. The Morgan fingerprint density at radius 3 is 2.56 bits per heavy atom. The molecule has 0 saturated carbocycles. The summed E-state index contributed by atoms with van der Waals surface area (Å²) in [5.41, 5.74) is -0.969. The van der Waals surface area contributed by atoms with E-state index in [-0.39, 0.29) is 12.5 Å². The molecule has 5 heteroatoms. The summed E-state index contributed by atoms with van der Waals surface area (Å²) in [5.74, 6) is 0.368. The molecule has 2 N–H and O–H groups in total. The van der Waals surface area contributed by atoms with Crippen LogP contribution in [0.15, 0.2) is 24.3 Å². The first-order valence-electron chi connectivity index (χ1n) is 5.79. The summed E-state index contributed by atoms with van der Waals surface area (Å²) < 4.78 is 5.62. The molecule has 100 valence electrons. The van der Waals surface area contributed by atoms with E-state index >= 15 is 0 Å². The second-order valence-corrected chi connectivity index (χ2v) is 4.84. The maximum absolute atomic E-state index is 11.9. The summed E-state index contributed by atoms with van der Waals surface area (Å²) >= 11 is 5.77. The molecule has 1 aromatic rings. The molecule has 1 rings (SSSR count). The van der Waals surface area contributed by atoms with Crippen molar-refractivity contribution in [1.82, 2.24) is 5.32 Å². The molecule has 0 atom stereocenters. The normalized spacial score (nSPS) is 11.1. The molecular weight excluding hydrogens is 254 g/mol. The zero-order valence-electron chi connectivity index (χ0n) is 10.6. The first-order valence-corrected chi connectivity index (χ1v) is 6.17. The van der Waals surface area contributed by atoms with Crippen molar-refractivity contribution in [2.75, 3.05) is 13.2 Å². The van der Waals surface area contributed by atoms with Gasteiger partial charge in [-0.05, 0) is 44.5 Å². The van der Waals surface area contributed by atoms with Crippen LogP contribution in [0.3, 0.4) is 0 Å². The van der Waals surface area contributed by atoms with Crippen LogP contribution in [0.25, 0.3) is 0 Å². The van der Waals surface area contributed by atoms with Gasteiger partial charge in [-0.2, -0.15) is 0 Å². The third-order valence-electron chi connectivity index (χ3n) is 2.35. The number of aliphatic hydroxyl groups excluding tert-OH is 1. The third kappa shape index (κ3) is 4.55. The van der Waals surface area contributed by atoms with Gasteiger partial charge < -0.3 is 15.2 Å². The van der Waals surface area contributed by atoms with E-state index in [9.17, 15) is 4.79 Å². The molecule has 0 aliphatic heterocycles. The first-order chi connectivity index (χ1) is 8.45. The fourth-order valence-corrected chi connectivity index (χ4v) is 1.46. The van der Waals surface area contributed by atoms with Gasteiger partial charge in [0.25, 0.3) is 5.91 Å².